The molecule has 4 heteroatoms. The van der Waals surface area contributed by atoms with Crippen molar-refractivity contribution in [2.45, 2.75) is 13.3 Å². The molecule has 1 amide bonds. The molecule has 0 saturated carbocycles. The first-order valence-electron chi connectivity index (χ1n) is 3.93. The van der Waals surface area contributed by atoms with Crippen molar-refractivity contribution in [2.24, 2.45) is 5.92 Å². The fourth-order valence-corrected chi connectivity index (χ4v) is 1.25. The Morgan fingerprint density at radius 2 is 2.33 bits per heavy atom. The van der Waals surface area contributed by atoms with E-state index in [1.165, 1.54) is 4.90 Å². The number of ketones is 1. The second kappa shape index (κ2) is 3.35. The van der Waals surface area contributed by atoms with Gasteiger partial charge in [-0.3, -0.25) is 9.59 Å². The summed E-state index contributed by atoms with van der Waals surface area (Å²) in [7, 11) is 0. The molecule has 0 aromatic carbocycles. The van der Waals surface area contributed by atoms with Crippen LogP contribution in [-0.4, -0.2) is 29.7 Å². The van der Waals surface area contributed by atoms with Crippen molar-refractivity contribution < 1.29 is 9.59 Å². The summed E-state index contributed by atoms with van der Waals surface area (Å²) in [5.74, 6) is -1.76. The first-order valence-corrected chi connectivity index (χ1v) is 3.93. The predicted octanol–water partition coefficient (Wildman–Crippen LogP) is -0.0525. The molecule has 1 heterocycles. The molecule has 12 heavy (non-hydrogen) atoms. The van der Waals surface area contributed by atoms with Gasteiger partial charge in [0.2, 0.25) is 5.78 Å². The molecule has 0 aliphatic carbocycles. The Morgan fingerprint density at radius 3 is 2.83 bits per heavy atom. The van der Waals surface area contributed by atoms with Crippen molar-refractivity contribution in [3.63, 3.8) is 0 Å². The SMILES string of the molecule is CCN1CC[C@@H](C#N)C(=O)C1=O. The fourth-order valence-electron chi connectivity index (χ4n) is 1.25. The summed E-state index contributed by atoms with van der Waals surface area (Å²) in [5, 5.41) is 8.50. The molecule has 0 N–H and O–H groups in total. The number of carbonyl (C=O) groups excluding carboxylic acids is 2. The van der Waals surface area contributed by atoms with Gasteiger partial charge in [-0.15, -0.1) is 0 Å². The molecular formula is C8H10N2O2. The molecule has 0 radical (unpaired) electrons. The molecule has 0 spiro atoms. The van der Waals surface area contributed by atoms with Gasteiger partial charge in [0.25, 0.3) is 5.91 Å². The summed E-state index contributed by atoms with van der Waals surface area (Å²) in [6.07, 6.45) is 0.481. The van der Waals surface area contributed by atoms with Crippen molar-refractivity contribution in [3.05, 3.63) is 0 Å². The average Bonchev–Trinajstić information content (AvgIpc) is 2.10. The van der Waals surface area contributed by atoms with E-state index in [0.29, 0.717) is 19.5 Å². The fraction of sp³-hybridized carbons (Fsp3) is 0.625. The highest BCUT2D eigenvalue weighted by molar-refractivity contribution is 6.37. The van der Waals surface area contributed by atoms with Gasteiger partial charge in [0.15, 0.2) is 0 Å². The number of amides is 1. The van der Waals surface area contributed by atoms with Gasteiger partial charge in [-0.1, -0.05) is 0 Å². The Morgan fingerprint density at radius 1 is 1.67 bits per heavy atom. The van der Waals surface area contributed by atoms with E-state index in [2.05, 4.69) is 0 Å². The summed E-state index contributed by atoms with van der Waals surface area (Å²) in [6.45, 7) is 2.89. The van der Waals surface area contributed by atoms with E-state index in [4.69, 9.17) is 5.26 Å². The number of hydrogen-bond donors (Lipinski definition) is 0. The Bertz CT molecular complexity index is 254. The molecule has 1 aliphatic heterocycles. The highest BCUT2D eigenvalue weighted by Gasteiger charge is 2.33. The predicted molar refractivity (Wildman–Crippen MR) is 41.0 cm³/mol. The highest BCUT2D eigenvalue weighted by atomic mass is 16.2. The third-order valence-corrected chi connectivity index (χ3v) is 2.04. The van der Waals surface area contributed by atoms with E-state index in [-0.39, 0.29) is 0 Å². The highest BCUT2D eigenvalue weighted by Crippen LogP contribution is 2.13. The van der Waals surface area contributed by atoms with Crippen molar-refractivity contribution in [3.8, 4) is 6.07 Å². The maximum atomic E-state index is 11.2. The molecule has 0 unspecified atom stereocenters. The second-order valence-corrected chi connectivity index (χ2v) is 2.72. The lowest BCUT2D eigenvalue weighted by Crippen LogP contribution is -2.45. The number of hydrogen-bond acceptors (Lipinski definition) is 3. The summed E-state index contributed by atoms with van der Waals surface area (Å²) in [4.78, 5) is 23.7. The number of nitriles is 1. The molecule has 1 aliphatic rings. The van der Waals surface area contributed by atoms with Crippen LogP contribution in [0.25, 0.3) is 0 Å². The third kappa shape index (κ3) is 1.30. The number of nitrogens with zero attached hydrogens (tertiary/aromatic N) is 2. The minimum Gasteiger partial charge on any atom is -0.336 e. The van der Waals surface area contributed by atoms with E-state index in [1.807, 2.05) is 13.0 Å². The Labute approximate surface area is 70.8 Å². The molecule has 0 bridgehead atoms. The van der Waals surface area contributed by atoms with Crippen LogP contribution >= 0.6 is 0 Å². The van der Waals surface area contributed by atoms with Crippen LogP contribution in [0.4, 0.5) is 0 Å². The summed E-state index contributed by atoms with van der Waals surface area (Å²) < 4.78 is 0. The van der Waals surface area contributed by atoms with Gasteiger partial charge in [0, 0.05) is 13.1 Å². The van der Waals surface area contributed by atoms with Gasteiger partial charge in [-0.2, -0.15) is 5.26 Å². The number of piperidine rings is 1. The number of Topliss-reactive ketones (excluding diaryl/α,β-unsaturated/α-hetero) is 1. The summed E-state index contributed by atoms with van der Waals surface area (Å²) >= 11 is 0. The van der Waals surface area contributed by atoms with E-state index in [1.54, 1.807) is 0 Å². The zero-order valence-electron chi connectivity index (χ0n) is 6.91. The van der Waals surface area contributed by atoms with Crippen LogP contribution in [0.1, 0.15) is 13.3 Å². The van der Waals surface area contributed by atoms with Gasteiger partial charge in [0.1, 0.15) is 5.92 Å². The monoisotopic (exact) mass is 166 g/mol. The molecule has 4 nitrogen and oxygen atoms in total. The lowest BCUT2D eigenvalue weighted by atomic mass is 9.96. The van der Waals surface area contributed by atoms with Crippen molar-refractivity contribution in [1.29, 1.82) is 5.26 Å². The van der Waals surface area contributed by atoms with Crippen LogP contribution in [0.2, 0.25) is 0 Å². The minimum absolute atomic E-state index is 0.481. The maximum absolute atomic E-state index is 11.2. The van der Waals surface area contributed by atoms with Crippen LogP contribution < -0.4 is 0 Å². The van der Waals surface area contributed by atoms with Gasteiger partial charge in [-0.05, 0) is 13.3 Å². The van der Waals surface area contributed by atoms with Gasteiger partial charge in [0.05, 0.1) is 6.07 Å². The summed E-state index contributed by atoms with van der Waals surface area (Å²) in [6, 6.07) is 1.83. The Kier molecular flexibility index (Phi) is 2.44. The van der Waals surface area contributed by atoms with Crippen molar-refractivity contribution >= 4 is 11.7 Å². The molecule has 1 atom stereocenters. The molecule has 0 aromatic rings. The van der Waals surface area contributed by atoms with Gasteiger partial charge in [-0.25, -0.2) is 0 Å². The first kappa shape index (κ1) is 8.72. The van der Waals surface area contributed by atoms with Crippen LogP contribution in [0.5, 0.6) is 0 Å². The largest absolute Gasteiger partial charge is 0.336 e. The molecule has 1 saturated heterocycles. The van der Waals surface area contributed by atoms with Crippen molar-refractivity contribution in [2.75, 3.05) is 13.1 Å². The standard InChI is InChI=1S/C8H10N2O2/c1-2-10-4-3-6(5-9)7(11)8(10)12/h6H,2-4H2,1H3/t6-/m0/s1. The first-order chi connectivity index (χ1) is 5.70. The molecule has 64 valence electrons. The van der Waals surface area contributed by atoms with E-state index in [0.717, 1.165) is 0 Å². The molecule has 1 rings (SSSR count). The second-order valence-electron chi connectivity index (χ2n) is 2.72. The van der Waals surface area contributed by atoms with Crippen molar-refractivity contribution in [1.82, 2.24) is 4.90 Å². The number of likely N-dealkylation sites (N-methyl/N-ethyl adjacent to an activating group) is 1. The zero-order valence-corrected chi connectivity index (χ0v) is 6.91. The maximum Gasteiger partial charge on any atom is 0.291 e. The third-order valence-electron chi connectivity index (χ3n) is 2.04. The minimum atomic E-state index is -0.708. The molecule has 1 fully saturated rings. The normalized spacial score (nSPS) is 24.0. The Balaban J connectivity index is 2.74. The number of carbonyl (C=O) groups is 2. The number of likely N-dealkylation sites (tertiary alicyclic amines) is 1. The van der Waals surface area contributed by atoms with E-state index >= 15 is 0 Å². The van der Waals surface area contributed by atoms with Gasteiger partial charge >= 0.3 is 0 Å². The topological polar surface area (TPSA) is 61.2 Å². The van der Waals surface area contributed by atoms with Crippen LogP contribution in [-0.2, 0) is 9.59 Å². The zero-order chi connectivity index (χ0) is 9.14. The Hall–Kier alpha value is -1.37. The van der Waals surface area contributed by atoms with E-state index in [9.17, 15) is 9.59 Å². The summed E-state index contributed by atoms with van der Waals surface area (Å²) in [5.41, 5.74) is 0. The molecular weight excluding hydrogens is 156 g/mol. The van der Waals surface area contributed by atoms with Crippen LogP contribution in [0.3, 0.4) is 0 Å². The number of rotatable bonds is 1. The lowest BCUT2D eigenvalue weighted by Gasteiger charge is -2.26. The molecule has 0 aromatic heterocycles. The smallest absolute Gasteiger partial charge is 0.291 e. The van der Waals surface area contributed by atoms with E-state index < -0.39 is 17.6 Å². The lowest BCUT2D eigenvalue weighted by molar-refractivity contribution is -0.148. The quantitative estimate of drug-likeness (QED) is 0.513. The van der Waals surface area contributed by atoms with Gasteiger partial charge < -0.3 is 4.90 Å². The van der Waals surface area contributed by atoms with Crippen LogP contribution in [0.15, 0.2) is 0 Å². The van der Waals surface area contributed by atoms with Crippen LogP contribution in [0, 0.1) is 17.2 Å². The average molecular weight is 166 g/mol.